The summed E-state index contributed by atoms with van der Waals surface area (Å²) < 4.78 is 25.8. The third-order valence-corrected chi connectivity index (χ3v) is 14.8. The molecule has 0 aliphatic rings. The van der Waals surface area contributed by atoms with Gasteiger partial charge in [-0.1, -0.05) is 194 Å². The second kappa shape index (κ2) is 43.6. The maximum Gasteiger partial charge on any atom is 0.331 e. The lowest BCUT2D eigenvalue weighted by molar-refractivity contribution is 0.224. The van der Waals surface area contributed by atoms with Crippen molar-refractivity contribution in [2.24, 2.45) is 0 Å². The SMILES string of the molecule is CCCCCCCCCCCCSCCOP(=O)(CCSCCCCCCCCCCCC)OCCSCCCCCCCCCCCC. The average molecular weight is 767 g/mol. The number of hydrogen-bond acceptors (Lipinski definition) is 6. The summed E-state index contributed by atoms with van der Waals surface area (Å²) >= 11 is 5.85. The molecular weight excluding hydrogens is 680 g/mol. The van der Waals surface area contributed by atoms with E-state index in [9.17, 15) is 4.57 Å². The first kappa shape index (κ1) is 50.2. The normalized spacial score (nSPS) is 12.0. The van der Waals surface area contributed by atoms with E-state index in [4.69, 9.17) is 9.05 Å². The first-order valence-corrected chi connectivity index (χ1v) is 27.0. The van der Waals surface area contributed by atoms with Crippen molar-refractivity contribution >= 4 is 42.9 Å². The Morgan fingerprint density at radius 1 is 0.327 bits per heavy atom. The maximum absolute atomic E-state index is 13.7. The molecule has 0 aromatic carbocycles. The van der Waals surface area contributed by atoms with Crippen LogP contribution >= 0.6 is 42.9 Å². The average Bonchev–Trinajstić information content (AvgIpc) is 3.10. The molecule has 0 radical (unpaired) electrons. The molecule has 0 spiro atoms. The molecule has 0 rings (SSSR count). The van der Waals surface area contributed by atoms with Gasteiger partial charge in [0, 0.05) is 17.3 Å². The van der Waals surface area contributed by atoms with Crippen molar-refractivity contribution in [2.75, 3.05) is 53.9 Å². The van der Waals surface area contributed by atoms with Crippen LogP contribution in [0.3, 0.4) is 0 Å². The van der Waals surface area contributed by atoms with Crippen molar-refractivity contribution in [1.29, 1.82) is 0 Å². The van der Waals surface area contributed by atoms with Crippen molar-refractivity contribution in [1.82, 2.24) is 0 Å². The predicted molar refractivity (Wildman–Crippen MR) is 232 cm³/mol. The fraction of sp³-hybridized carbons (Fsp3) is 1.00. The van der Waals surface area contributed by atoms with Crippen LogP contribution in [0.1, 0.15) is 213 Å². The van der Waals surface area contributed by atoms with Crippen molar-refractivity contribution in [3.63, 3.8) is 0 Å². The molecule has 0 unspecified atom stereocenters. The molecule has 0 heterocycles. The van der Waals surface area contributed by atoms with Crippen LogP contribution in [-0.2, 0) is 13.6 Å². The Labute approximate surface area is 322 Å². The highest BCUT2D eigenvalue weighted by atomic mass is 32.2. The number of hydrogen-bond donors (Lipinski definition) is 0. The summed E-state index contributed by atoms with van der Waals surface area (Å²) in [6.07, 6.45) is 42.0. The molecule has 0 fully saturated rings. The fourth-order valence-electron chi connectivity index (χ4n) is 6.19. The summed E-state index contributed by atoms with van der Waals surface area (Å²) in [6.45, 7) is 7.97. The van der Waals surface area contributed by atoms with Crippen molar-refractivity contribution in [3.05, 3.63) is 0 Å². The first-order chi connectivity index (χ1) is 24.2. The van der Waals surface area contributed by atoms with Crippen LogP contribution in [0, 0.1) is 0 Å². The summed E-state index contributed by atoms with van der Waals surface area (Å²) in [5.74, 6) is 6.27. The van der Waals surface area contributed by atoms with Crippen LogP contribution in [0.15, 0.2) is 0 Å². The minimum atomic E-state index is -3.02. The fourth-order valence-corrected chi connectivity index (χ4v) is 11.2. The zero-order valence-electron chi connectivity index (χ0n) is 33.5. The molecule has 296 valence electrons. The van der Waals surface area contributed by atoms with Gasteiger partial charge in [-0.05, 0) is 36.5 Å². The molecule has 0 aliphatic heterocycles. The largest absolute Gasteiger partial charge is 0.331 e. The summed E-state index contributed by atoms with van der Waals surface area (Å²) in [4.78, 5) is 0. The van der Waals surface area contributed by atoms with Gasteiger partial charge in [-0.3, -0.25) is 4.57 Å². The quantitative estimate of drug-likeness (QED) is 0.0454. The zero-order chi connectivity index (χ0) is 35.6. The number of thioether (sulfide) groups is 3. The van der Waals surface area contributed by atoms with E-state index in [1.165, 1.54) is 210 Å². The van der Waals surface area contributed by atoms with Crippen LogP contribution < -0.4 is 0 Å². The standard InChI is InChI=1S/C42H87O3PS3/c1-4-7-10-13-16-19-22-25-28-31-37-47-40-34-44-46(43,36-42-49-39-33-30-27-24-21-18-15-12-9-6-3)45-35-41-48-38-32-29-26-23-20-17-14-11-8-5-2/h4-42H2,1-3H3. The van der Waals surface area contributed by atoms with Crippen LogP contribution in [0.4, 0.5) is 0 Å². The Morgan fingerprint density at radius 2 is 0.571 bits per heavy atom. The van der Waals surface area contributed by atoms with Gasteiger partial charge in [0.05, 0.1) is 19.4 Å². The Hall–Kier alpha value is 1.20. The Kier molecular flexibility index (Phi) is 44.7. The number of unbranched alkanes of at least 4 members (excludes halogenated alkanes) is 27. The third-order valence-electron chi connectivity index (χ3n) is 9.47. The van der Waals surface area contributed by atoms with Gasteiger partial charge >= 0.3 is 7.60 Å². The molecule has 7 heteroatoms. The van der Waals surface area contributed by atoms with Crippen molar-refractivity contribution < 1.29 is 13.6 Å². The van der Waals surface area contributed by atoms with Gasteiger partial charge in [-0.25, -0.2) is 0 Å². The van der Waals surface area contributed by atoms with Gasteiger partial charge in [0.1, 0.15) is 0 Å². The predicted octanol–water partition coefficient (Wildman–Crippen LogP) is 16.2. The van der Waals surface area contributed by atoms with Gasteiger partial charge in [-0.15, -0.1) is 0 Å². The van der Waals surface area contributed by atoms with E-state index in [2.05, 4.69) is 20.8 Å². The molecule has 3 nitrogen and oxygen atoms in total. The van der Waals surface area contributed by atoms with E-state index in [0.29, 0.717) is 19.4 Å². The smallest absolute Gasteiger partial charge is 0.308 e. The second-order valence-electron chi connectivity index (χ2n) is 14.4. The van der Waals surface area contributed by atoms with E-state index < -0.39 is 7.60 Å². The molecule has 0 aromatic rings. The van der Waals surface area contributed by atoms with E-state index in [1.807, 2.05) is 35.3 Å². The highest BCUT2D eigenvalue weighted by Gasteiger charge is 2.24. The van der Waals surface area contributed by atoms with Gasteiger partial charge in [-0.2, -0.15) is 35.3 Å². The maximum atomic E-state index is 13.7. The molecule has 0 saturated carbocycles. The van der Waals surface area contributed by atoms with Crippen molar-refractivity contribution in [3.8, 4) is 0 Å². The highest BCUT2D eigenvalue weighted by Crippen LogP contribution is 2.48. The molecule has 0 aromatic heterocycles. The molecule has 0 N–H and O–H groups in total. The summed E-state index contributed by atoms with van der Waals surface area (Å²) in [5.41, 5.74) is 0. The highest BCUT2D eigenvalue weighted by molar-refractivity contribution is 7.99. The number of rotatable bonds is 44. The molecule has 0 aliphatic carbocycles. The Balaban J connectivity index is 4.08. The van der Waals surface area contributed by atoms with Gasteiger partial charge < -0.3 is 9.05 Å². The molecule has 49 heavy (non-hydrogen) atoms. The summed E-state index contributed by atoms with van der Waals surface area (Å²) in [7, 11) is -3.02. The van der Waals surface area contributed by atoms with E-state index >= 15 is 0 Å². The van der Waals surface area contributed by atoms with E-state index in [0.717, 1.165) is 17.3 Å². The van der Waals surface area contributed by atoms with E-state index in [-0.39, 0.29) is 0 Å². The minimum Gasteiger partial charge on any atom is -0.308 e. The van der Waals surface area contributed by atoms with Gasteiger partial charge in [0.25, 0.3) is 0 Å². The minimum absolute atomic E-state index is 0.550. The molecule has 0 bridgehead atoms. The lowest BCUT2D eigenvalue weighted by atomic mass is 10.1. The molecule has 0 saturated heterocycles. The van der Waals surface area contributed by atoms with E-state index in [1.54, 1.807) is 0 Å². The lowest BCUT2D eigenvalue weighted by Crippen LogP contribution is -2.07. The molecular formula is C42H87O3PS3. The summed E-state index contributed by atoms with van der Waals surface area (Å²) in [6, 6.07) is 0. The van der Waals surface area contributed by atoms with Gasteiger partial charge in [0.2, 0.25) is 0 Å². The van der Waals surface area contributed by atoms with Crippen molar-refractivity contribution in [2.45, 2.75) is 213 Å². The third kappa shape index (κ3) is 41.8. The topological polar surface area (TPSA) is 35.5 Å². The second-order valence-corrected chi connectivity index (χ2v) is 20.2. The Morgan fingerprint density at radius 3 is 0.857 bits per heavy atom. The lowest BCUT2D eigenvalue weighted by Gasteiger charge is -2.18. The molecule has 0 atom stereocenters. The summed E-state index contributed by atoms with van der Waals surface area (Å²) in [5, 5.41) is 0. The van der Waals surface area contributed by atoms with Crippen LogP contribution in [0.5, 0.6) is 0 Å². The zero-order valence-corrected chi connectivity index (χ0v) is 36.8. The molecule has 0 amide bonds. The first-order valence-electron chi connectivity index (χ1n) is 21.8. The van der Waals surface area contributed by atoms with Gasteiger partial charge in [0.15, 0.2) is 0 Å². The van der Waals surface area contributed by atoms with Crippen LogP contribution in [-0.4, -0.2) is 53.9 Å². The monoisotopic (exact) mass is 767 g/mol. The van der Waals surface area contributed by atoms with Crippen LogP contribution in [0.25, 0.3) is 0 Å². The Bertz CT molecular complexity index is 619. The van der Waals surface area contributed by atoms with Crippen LogP contribution in [0.2, 0.25) is 0 Å².